The van der Waals surface area contributed by atoms with Gasteiger partial charge in [0, 0.05) is 32.1 Å². The van der Waals surface area contributed by atoms with Gasteiger partial charge in [0.25, 0.3) is 5.91 Å². The van der Waals surface area contributed by atoms with Gasteiger partial charge in [-0.3, -0.25) is 9.59 Å². The van der Waals surface area contributed by atoms with Gasteiger partial charge in [-0.2, -0.15) is 0 Å². The van der Waals surface area contributed by atoms with Crippen molar-refractivity contribution >= 4 is 33.2 Å². The Hall–Kier alpha value is -1.45. The highest BCUT2D eigenvalue weighted by Crippen LogP contribution is 2.17. The quantitative estimate of drug-likeness (QED) is 0.739. The Kier molecular flexibility index (Phi) is 6.76. The number of hydrogen-bond donors (Lipinski definition) is 2. The lowest BCUT2D eigenvalue weighted by molar-refractivity contribution is -0.134. The monoisotopic (exact) mass is 373 g/mol. The maximum atomic E-state index is 12.4. The number of sulfonamides is 1. The first-order valence-electron chi connectivity index (χ1n) is 7.92. The van der Waals surface area contributed by atoms with Gasteiger partial charge in [-0.05, 0) is 30.7 Å². The lowest BCUT2D eigenvalue weighted by Crippen LogP contribution is -2.49. The number of carbonyl (C=O) groups excluding carboxylic acids is 2. The molecule has 2 rings (SSSR count). The van der Waals surface area contributed by atoms with E-state index in [2.05, 4.69) is 10.0 Å². The Balaban J connectivity index is 1.81. The Morgan fingerprint density at radius 2 is 2.17 bits per heavy atom. The van der Waals surface area contributed by atoms with Gasteiger partial charge >= 0.3 is 0 Å². The molecule has 0 saturated carbocycles. The molecule has 2 heterocycles. The van der Waals surface area contributed by atoms with Gasteiger partial charge in [-0.15, -0.1) is 11.3 Å². The maximum Gasteiger partial charge on any atom is 0.261 e. The molecule has 1 aliphatic heterocycles. The number of carbonyl (C=O) groups is 2. The predicted octanol–water partition coefficient (Wildman–Crippen LogP) is 0.798. The minimum absolute atomic E-state index is 0.0542. The van der Waals surface area contributed by atoms with Crippen LogP contribution in [0.15, 0.2) is 17.5 Å². The van der Waals surface area contributed by atoms with Crippen molar-refractivity contribution in [2.45, 2.75) is 31.7 Å². The van der Waals surface area contributed by atoms with E-state index in [9.17, 15) is 18.0 Å². The van der Waals surface area contributed by atoms with E-state index in [1.807, 2.05) is 5.38 Å². The van der Waals surface area contributed by atoms with E-state index in [1.54, 1.807) is 17.0 Å². The molecular formula is C15H23N3O4S2. The van der Waals surface area contributed by atoms with Crippen LogP contribution in [0.25, 0.3) is 0 Å². The molecule has 1 aromatic rings. The van der Waals surface area contributed by atoms with Gasteiger partial charge in [-0.1, -0.05) is 6.07 Å². The maximum absolute atomic E-state index is 12.4. The van der Waals surface area contributed by atoms with E-state index < -0.39 is 10.0 Å². The van der Waals surface area contributed by atoms with Crippen LogP contribution in [-0.4, -0.2) is 57.1 Å². The molecule has 9 heteroatoms. The summed E-state index contributed by atoms with van der Waals surface area (Å²) in [6.45, 7) is 1.15. The second-order valence-electron chi connectivity index (χ2n) is 5.84. The average molecular weight is 374 g/mol. The van der Waals surface area contributed by atoms with Crippen molar-refractivity contribution in [1.82, 2.24) is 14.9 Å². The van der Waals surface area contributed by atoms with Gasteiger partial charge in [0.2, 0.25) is 15.9 Å². The first-order chi connectivity index (χ1) is 11.4. The zero-order chi connectivity index (χ0) is 17.6. The lowest BCUT2D eigenvalue weighted by atomic mass is 10.0. The topological polar surface area (TPSA) is 95.6 Å². The number of hydrogen-bond acceptors (Lipinski definition) is 5. The highest BCUT2D eigenvalue weighted by molar-refractivity contribution is 7.88. The summed E-state index contributed by atoms with van der Waals surface area (Å²) in [7, 11) is -3.27. The molecule has 0 bridgehead atoms. The fourth-order valence-electron chi connectivity index (χ4n) is 2.71. The van der Waals surface area contributed by atoms with Crippen molar-refractivity contribution in [1.29, 1.82) is 0 Å². The lowest BCUT2D eigenvalue weighted by Gasteiger charge is -2.36. The minimum atomic E-state index is -3.27. The minimum Gasteiger partial charge on any atom is -0.351 e. The van der Waals surface area contributed by atoms with Crippen molar-refractivity contribution in [3.05, 3.63) is 22.4 Å². The molecule has 1 unspecified atom stereocenters. The predicted molar refractivity (Wildman–Crippen MR) is 93.5 cm³/mol. The van der Waals surface area contributed by atoms with Crippen molar-refractivity contribution < 1.29 is 18.0 Å². The van der Waals surface area contributed by atoms with E-state index in [1.165, 1.54) is 11.3 Å². The summed E-state index contributed by atoms with van der Waals surface area (Å²) in [4.78, 5) is 26.6. The fourth-order valence-corrected chi connectivity index (χ4v) is 3.85. The van der Waals surface area contributed by atoms with Gasteiger partial charge < -0.3 is 10.2 Å². The van der Waals surface area contributed by atoms with Crippen LogP contribution in [0.5, 0.6) is 0 Å². The molecule has 1 aromatic heterocycles. The number of thiophene rings is 1. The summed E-state index contributed by atoms with van der Waals surface area (Å²) in [6.07, 6.45) is 4.02. The number of piperidine rings is 1. The summed E-state index contributed by atoms with van der Waals surface area (Å²) in [5, 5.41) is 4.57. The van der Waals surface area contributed by atoms with Crippen LogP contribution in [0, 0.1) is 0 Å². The van der Waals surface area contributed by atoms with Gasteiger partial charge in [-0.25, -0.2) is 13.1 Å². The number of likely N-dealkylation sites (tertiary alicyclic amines) is 1. The molecule has 7 nitrogen and oxygen atoms in total. The molecule has 0 radical (unpaired) electrons. The molecule has 134 valence electrons. The van der Waals surface area contributed by atoms with Crippen molar-refractivity contribution in [3.63, 3.8) is 0 Å². The Labute approximate surface area is 146 Å². The highest BCUT2D eigenvalue weighted by atomic mass is 32.2. The van der Waals surface area contributed by atoms with Crippen molar-refractivity contribution in [2.24, 2.45) is 0 Å². The second-order valence-corrected chi connectivity index (χ2v) is 8.62. The molecule has 0 spiro atoms. The van der Waals surface area contributed by atoms with E-state index in [0.29, 0.717) is 11.4 Å². The molecule has 2 amide bonds. The SMILES string of the molecule is CS(=O)(=O)NCC1CCCCN1C(=O)CCNC(=O)c1cccs1. The molecule has 1 saturated heterocycles. The first kappa shape index (κ1) is 18.9. The largest absolute Gasteiger partial charge is 0.351 e. The summed E-state index contributed by atoms with van der Waals surface area (Å²) >= 11 is 1.35. The standard InChI is InChI=1S/C15H23N3O4S2/c1-24(21,22)17-11-12-5-2-3-9-18(12)14(19)7-8-16-15(20)13-6-4-10-23-13/h4,6,10,12,17H,2-3,5,7-9,11H2,1H3,(H,16,20). The molecule has 0 aromatic carbocycles. The van der Waals surface area contributed by atoms with Crippen LogP contribution in [0.2, 0.25) is 0 Å². The Morgan fingerprint density at radius 1 is 1.38 bits per heavy atom. The summed E-state index contributed by atoms with van der Waals surface area (Å²) < 4.78 is 25.0. The fraction of sp³-hybridized carbons (Fsp3) is 0.600. The van der Waals surface area contributed by atoms with E-state index in [4.69, 9.17) is 0 Å². The zero-order valence-corrected chi connectivity index (χ0v) is 15.3. The number of amides is 2. The van der Waals surface area contributed by atoms with Crippen LogP contribution in [-0.2, 0) is 14.8 Å². The van der Waals surface area contributed by atoms with E-state index in [-0.39, 0.29) is 37.4 Å². The summed E-state index contributed by atoms with van der Waals surface area (Å²) in [6, 6.07) is 3.42. The van der Waals surface area contributed by atoms with Crippen LogP contribution in [0.4, 0.5) is 0 Å². The molecule has 2 N–H and O–H groups in total. The molecular weight excluding hydrogens is 350 g/mol. The van der Waals surface area contributed by atoms with Crippen LogP contribution < -0.4 is 10.0 Å². The van der Waals surface area contributed by atoms with Crippen molar-refractivity contribution in [2.75, 3.05) is 25.9 Å². The molecule has 1 fully saturated rings. The summed E-state index contributed by atoms with van der Waals surface area (Å²) in [5.41, 5.74) is 0. The van der Waals surface area contributed by atoms with Gasteiger partial charge in [0.15, 0.2) is 0 Å². The van der Waals surface area contributed by atoms with Gasteiger partial charge in [0.05, 0.1) is 11.1 Å². The molecule has 1 aliphatic rings. The van der Waals surface area contributed by atoms with Crippen LogP contribution in [0.1, 0.15) is 35.4 Å². The molecule has 1 atom stereocenters. The third kappa shape index (κ3) is 5.88. The number of nitrogens with zero attached hydrogens (tertiary/aromatic N) is 1. The van der Waals surface area contributed by atoms with E-state index in [0.717, 1.165) is 25.5 Å². The average Bonchev–Trinajstić information content (AvgIpc) is 3.07. The van der Waals surface area contributed by atoms with Gasteiger partial charge in [0.1, 0.15) is 0 Å². The third-order valence-corrected chi connectivity index (χ3v) is 5.46. The normalized spacial score (nSPS) is 18.4. The zero-order valence-electron chi connectivity index (χ0n) is 13.7. The summed E-state index contributed by atoms with van der Waals surface area (Å²) in [5.74, 6) is -0.229. The third-order valence-electron chi connectivity index (χ3n) is 3.90. The van der Waals surface area contributed by atoms with E-state index >= 15 is 0 Å². The molecule has 0 aliphatic carbocycles. The Morgan fingerprint density at radius 3 is 2.83 bits per heavy atom. The molecule has 24 heavy (non-hydrogen) atoms. The second kappa shape index (κ2) is 8.59. The highest BCUT2D eigenvalue weighted by Gasteiger charge is 2.26. The van der Waals surface area contributed by atoms with Crippen molar-refractivity contribution in [3.8, 4) is 0 Å². The first-order valence-corrected chi connectivity index (χ1v) is 10.7. The number of nitrogens with one attached hydrogen (secondary N) is 2. The van der Waals surface area contributed by atoms with Crippen LogP contribution in [0.3, 0.4) is 0 Å². The smallest absolute Gasteiger partial charge is 0.261 e. The number of rotatable bonds is 7. The van der Waals surface area contributed by atoms with Crippen LogP contribution >= 0.6 is 11.3 Å². The Bertz CT molecular complexity index is 658.